The molecule has 0 bridgehead atoms. The van der Waals surface area contributed by atoms with Crippen LogP contribution in [0.4, 0.5) is 0 Å². The second-order valence-electron chi connectivity index (χ2n) is 8.60. The van der Waals surface area contributed by atoms with E-state index in [4.69, 9.17) is 0 Å². The van der Waals surface area contributed by atoms with Crippen molar-refractivity contribution in [2.45, 2.75) is 11.3 Å². The van der Waals surface area contributed by atoms with Crippen LogP contribution in [0, 0.1) is 0 Å². The fraction of sp³-hybridized carbons (Fsp3) is 0.0588. The van der Waals surface area contributed by atoms with Crippen LogP contribution in [0.3, 0.4) is 0 Å². The van der Waals surface area contributed by atoms with Gasteiger partial charge in [-0.3, -0.25) is 0 Å². The van der Waals surface area contributed by atoms with E-state index in [1.54, 1.807) is 0 Å². The van der Waals surface area contributed by atoms with E-state index < -0.39 is 0 Å². The molecule has 5 heteroatoms. The molecule has 0 radical (unpaired) electrons. The molecule has 0 atom stereocenters. The number of hydrogen-bond donors (Lipinski definition) is 0. The van der Waals surface area contributed by atoms with E-state index in [2.05, 4.69) is 170 Å². The molecule has 4 aromatic rings. The normalized spacial score (nSPS) is 13.4. The van der Waals surface area contributed by atoms with Gasteiger partial charge in [0.2, 0.25) is 0 Å². The van der Waals surface area contributed by atoms with Crippen LogP contribution < -0.4 is 21.2 Å². The van der Waals surface area contributed by atoms with E-state index in [0.717, 1.165) is 0 Å². The minimum Gasteiger partial charge on any atom is -0.147 e. The minimum atomic E-state index is -0.326. The molecule has 200 valence electrons. The van der Waals surface area contributed by atoms with Gasteiger partial charge in [0.15, 0.2) is 0 Å². The number of benzene rings is 4. The van der Waals surface area contributed by atoms with Crippen LogP contribution in [0.2, 0.25) is 0 Å². The first-order valence-electron chi connectivity index (χ1n) is 12.4. The van der Waals surface area contributed by atoms with E-state index in [1.807, 2.05) is 0 Å². The van der Waals surface area contributed by atoms with Gasteiger partial charge in [0.05, 0.1) is 0 Å². The molecule has 2 aliphatic carbocycles. The molecule has 39 heavy (non-hydrogen) atoms. The Morgan fingerprint density at radius 1 is 0.333 bits per heavy atom. The summed E-state index contributed by atoms with van der Waals surface area (Å²) in [6.45, 7) is 0. The second-order valence-corrected chi connectivity index (χ2v) is 13.3. The molecule has 0 aliphatic heterocycles. The molecule has 0 heterocycles. The Morgan fingerprint density at radius 2 is 0.538 bits per heavy atom. The van der Waals surface area contributed by atoms with Crippen molar-refractivity contribution in [1.82, 2.24) is 0 Å². The third-order valence-electron chi connectivity index (χ3n) is 6.19. The third-order valence-corrected chi connectivity index (χ3v) is 11.5. The molecule has 0 amide bonds. The topological polar surface area (TPSA) is 0 Å². The number of halogens is 2. The van der Waals surface area contributed by atoms with E-state index in [9.17, 15) is 0 Å². The minimum absolute atomic E-state index is 0. The van der Waals surface area contributed by atoms with Crippen molar-refractivity contribution >= 4 is 61.9 Å². The summed E-state index contributed by atoms with van der Waals surface area (Å²) >= 11 is 0. The van der Waals surface area contributed by atoms with Crippen molar-refractivity contribution in [3.63, 3.8) is 0 Å². The standard InChI is InChI=1S/2C17H15P.2ClH.Fe/c2*1-3-9-15(10-4-1)18(17-13-7-8-14-17)16-11-5-2-6-12-16;;;/h2*1-14,17H;2*1H;. The van der Waals surface area contributed by atoms with Crippen LogP contribution in [0.15, 0.2) is 170 Å². The molecule has 0 fully saturated rings. The molecule has 0 aromatic heterocycles. The molecule has 0 saturated heterocycles. The summed E-state index contributed by atoms with van der Waals surface area (Å²) in [6, 6.07) is 43.4. The maximum Gasteiger partial charge on any atom is 0.0237 e. The van der Waals surface area contributed by atoms with Crippen molar-refractivity contribution in [2.75, 3.05) is 0 Å². The van der Waals surface area contributed by atoms with Crippen molar-refractivity contribution in [3.8, 4) is 0 Å². The van der Waals surface area contributed by atoms with Crippen molar-refractivity contribution in [3.05, 3.63) is 170 Å². The first kappa shape index (κ1) is 33.0. The van der Waals surface area contributed by atoms with E-state index in [0.29, 0.717) is 11.3 Å². The molecular weight excluding hydrogens is 597 g/mol. The van der Waals surface area contributed by atoms with Crippen molar-refractivity contribution < 1.29 is 17.1 Å². The Labute approximate surface area is 258 Å². The summed E-state index contributed by atoms with van der Waals surface area (Å²) in [5, 5.41) is 5.78. The first-order valence-corrected chi connectivity index (χ1v) is 15.2. The van der Waals surface area contributed by atoms with Crippen LogP contribution in [0.1, 0.15) is 0 Å². The second kappa shape index (κ2) is 17.5. The van der Waals surface area contributed by atoms with E-state index >= 15 is 0 Å². The van der Waals surface area contributed by atoms with Crippen LogP contribution in [-0.2, 0) is 17.1 Å². The number of hydrogen-bond acceptors (Lipinski definition) is 0. The van der Waals surface area contributed by atoms with Gasteiger partial charge >= 0.3 is 0 Å². The maximum absolute atomic E-state index is 2.31. The monoisotopic (exact) mass is 628 g/mol. The van der Waals surface area contributed by atoms with E-state index in [-0.39, 0.29) is 57.7 Å². The molecule has 6 rings (SSSR count). The molecule has 0 unspecified atom stereocenters. The van der Waals surface area contributed by atoms with Gasteiger partial charge in [-0.25, -0.2) is 0 Å². The average Bonchev–Trinajstić information content (AvgIpc) is 3.68. The van der Waals surface area contributed by atoms with E-state index in [1.165, 1.54) is 21.2 Å². The van der Waals surface area contributed by atoms with Crippen LogP contribution >= 0.6 is 40.7 Å². The molecular formula is C34H32Cl2FeP2. The van der Waals surface area contributed by atoms with Crippen LogP contribution in [0.25, 0.3) is 0 Å². The molecule has 0 saturated carbocycles. The Hall–Kier alpha value is -2.20. The zero-order chi connectivity index (χ0) is 24.4. The predicted molar refractivity (Wildman–Crippen MR) is 177 cm³/mol. The summed E-state index contributed by atoms with van der Waals surface area (Å²) in [4.78, 5) is 0. The first-order chi connectivity index (χ1) is 17.9. The molecule has 4 aromatic carbocycles. The van der Waals surface area contributed by atoms with Gasteiger partial charge in [-0.15, -0.1) is 24.8 Å². The van der Waals surface area contributed by atoms with Gasteiger partial charge in [0.25, 0.3) is 0 Å². The largest absolute Gasteiger partial charge is 0.147 e. The quantitative estimate of drug-likeness (QED) is 0.150. The Bertz CT molecular complexity index is 1130. The smallest absolute Gasteiger partial charge is 0.0237 e. The summed E-state index contributed by atoms with van der Waals surface area (Å²) in [6.07, 6.45) is 17.9. The summed E-state index contributed by atoms with van der Waals surface area (Å²) in [5.41, 5.74) is 1.06. The van der Waals surface area contributed by atoms with Crippen LogP contribution in [0.5, 0.6) is 0 Å². The van der Waals surface area contributed by atoms with Gasteiger partial charge < -0.3 is 0 Å². The van der Waals surface area contributed by atoms with Gasteiger partial charge in [-0.05, 0) is 37.1 Å². The van der Waals surface area contributed by atoms with Gasteiger partial charge in [0, 0.05) is 28.4 Å². The molecule has 0 spiro atoms. The zero-order valence-electron chi connectivity index (χ0n) is 21.4. The molecule has 0 nitrogen and oxygen atoms in total. The van der Waals surface area contributed by atoms with Crippen LogP contribution in [-0.4, -0.2) is 11.3 Å². The fourth-order valence-corrected chi connectivity index (χ4v) is 9.56. The average molecular weight is 629 g/mol. The molecule has 2 aliphatic rings. The summed E-state index contributed by atoms with van der Waals surface area (Å²) in [7, 11) is -0.651. The molecule has 0 N–H and O–H groups in total. The van der Waals surface area contributed by atoms with Crippen molar-refractivity contribution in [1.29, 1.82) is 0 Å². The van der Waals surface area contributed by atoms with Crippen molar-refractivity contribution in [2.24, 2.45) is 0 Å². The van der Waals surface area contributed by atoms with Gasteiger partial charge in [0.1, 0.15) is 0 Å². The third kappa shape index (κ3) is 8.90. The summed E-state index contributed by atoms with van der Waals surface area (Å²) in [5.74, 6) is 0. The zero-order valence-corrected chi connectivity index (χ0v) is 25.9. The summed E-state index contributed by atoms with van der Waals surface area (Å²) < 4.78 is 0. The number of allylic oxidation sites excluding steroid dienone is 8. The predicted octanol–water partition coefficient (Wildman–Crippen LogP) is 8.07. The Morgan fingerprint density at radius 3 is 0.744 bits per heavy atom. The van der Waals surface area contributed by atoms with Gasteiger partial charge in [-0.2, -0.15) is 0 Å². The van der Waals surface area contributed by atoms with Gasteiger partial charge in [-0.1, -0.05) is 170 Å². The Balaban J connectivity index is 0.000000254. The number of rotatable bonds is 6. The Kier molecular flexibility index (Phi) is 14.8. The maximum atomic E-state index is 2.31. The SMILES string of the molecule is C1=CC(P(c2ccccc2)c2ccccc2)C=C1.C1=CC(P(c2ccccc2)c2ccccc2)C=C1.Cl.Cl.[Fe]. The fourth-order valence-electron chi connectivity index (χ4n) is 4.53.